The van der Waals surface area contributed by atoms with Crippen molar-refractivity contribution in [2.75, 3.05) is 11.4 Å². The van der Waals surface area contributed by atoms with Crippen LogP contribution in [0.4, 0.5) is 10.5 Å². The van der Waals surface area contributed by atoms with Crippen LogP contribution in [0.2, 0.25) is 0 Å². The molecule has 0 unspecified atom stereocenters. The van der Waals surface area contributed by atoms with Crippen molar-refractivity contribution in [3.63, 3.8) is 0 Å². The number of hydrogen-bond acceptors (Lipinski definition) is 4. The van der Waals surface area contributed by atoms with E-state index in [1.165, 1.54) is 4.90 Å². The van der Waals surface area contributed by atoms with E-state index in [0.29, 0.717) is 18.5 Å². The van der Waals surface area contributed by atoms with Crippen LogP contribution < -0.4 is 10.2 Å². The average Bonchev–Trinajstić information content (AvgIpc) is 2.87. The van der Waals surface area contributed by atoms with Crippen LogP contribution in [0.25, 0.3) is 0 Å². The third-order valence-electron chi connectivity index (χ3n) is 5.36. The number of carbonyl (C=O) groups excluding carboxylic acids is 3. The maximum atomic E-state index is 12.8. The molecule has 1 saturated heterocycles. The number of nitriles is 1. The second-order valence-corrected chi connectivity index (χ2v) is 7.39. The first-order valence-corrected chi connectivity index (χ1v) is 9.30. The summed E-state index contributed by atoms with van der Waals surface area (Å²) in [5, 5.41) is 12.3. The Labute approximate surface area is 158 Å². The molecule has 7 heteroatoms. The molecule has 142 valence electrons. The monoisotopic (exact) mass is 368 g/mol. The molecule has 7 nitrogen and oxygen atoms in total. The zero-order valence-electron chi connectivity index (χ0n) is 15.7. The van der Waals surface area contributed by atoms with Gasteiger partial charge in [-0.2, -0.15) is 5.26 Å². The lowest BCUT2D eigenvalue weighted by atomic mass is 9.83. The Hall–Kier alpha value is -2.88. The van der Waals surface area contributed by atoms with Gasteiger partial charge in [0.25, 0.3) is 5.91 Å². The number of anilines is 1. The number of carbonyl (C=O) groups is 3. The smallest absolute Gasteiger partial charge is 0.332 e. The van der Waals surface area contributed by atoms with Crippen molar-refractivity contribution >= 4 is 23.5 Å². The van der Waals surface area contributed by atoms with E-state index in [9.17, 15) is 19.6 Å². The molecule has 0 spiro atoms. The molecule has 1 aromatic carbocycles. The molecule has 1 aliphatic heterocycles. The van der Waals surface area contributed by atoms with Crippen LogP contribution in [0.1, 0.15) is 44.6 Å². The molecule has 27 heavy (non-hydrogen) atoms. The van der Waals surface area contributed by atoms with E-state index < -0.39 is 29.4 Å². The fourth-order valence-electron chi connectivity index (χ4n) is 3.78. The Bertz CT molecular complexity index is 790. The van der Waals surface area contributed by atoms with Crippen molar-refractivity contribution in [1.82, 2.24) is 10.2 Å². The van der Waals surface area contributed by atoms with Crippen LogP contribution in [-0.4, -0.2) is 40.9 Å². The van der Waals surface area contributed by atoms with E-state index in [-0.39, 0.29) is 6.54 Å². The SMILES string of the molecule is Cc1ccc(N2C(=O)N(CC(=O)NC3(C#N)CCCCC3)C(=O)[C@H]2C)cc1. The van der Waals surface area contributed by atoms with Gasteiger partial charge in [-0.15, -0.1) is 0 Å². The van der Waals surface area contributed by atoms with Crippen LogP contribution in [-0.2, 0) is 9.59 Å². The summed E-state index contributed by atoms with van der Waals surface area (Å²) in [6, 6.07) is 8.34. The molecule has 0 radical (unpaired) electrons. The van der Waals surface area contributed by atoms with Crippen molar-refractivity contribution in [2.24, 2.45) is 0 Å². The average molecular weight is 368 g/mol. The molecule has 1 N–H and O–H groups in total. The second kappa shape index (κ2) is 7.39. The lowest BCUT2D eigenvalue weighted by Gasteiger charge is -2.32. The van der Waals surface area contributed by atoms with Crippen molar-refractivity contribution in [3.05, 3.63) is 29.8 Å². The molecule has 0 aromatic heterocycles. The van der Waals surface area contributed by atoms with Gasteiger partial charge in [0.2, 0.25) is 5.91 Å². The molecule has 1 aromatic rings. The normalized spacial score (nSPS) is 21.9. The molecular weight excluding hydrogens is 344 g/mol. The van der Waals surface area contributed by atoms with E-state index in [1.807, 2.05) is 19.1 Å². The number of hydrogen-bond donors (Lipinski definition) is 1. The van der Waals surface area contributed by atoms with Gasteiger partial charge in [0.1, 0.15) is 18.1 Å². The van der Waals surface area contributed by atoms with E-state index in [2.05, 4.69) is 11.4 Å². The number of amides is 4. The molecule has 1 heterocycles. The second-order valence-electron chi connectivity index (χ2n) is 7.39. The van der Waals surface area contributed by atoms with E-state index in [0.717, 1.165) is 29.7 Å². The van der Waals surface area contributed by atoms with Crippen LogP contribution in [0.3, 0.4) is 0 Å². The quantitative estimate of drug-likeness (QED) is 0.826. The van der Waals surface area contributed by atoms with E-state index in [4.69, 9.17) is 0 Å². The van der Waals surface area contributed by atoms with Gasteiger partial charge in [0.05, 0.1) is 6.07 Å². The molecule has 2 aliphatic rings. The number of rotatable bonds is 4. The highest BCUT2D eigenvalue weighted by atomic mass is 16.2. The number of aryl methyl sites for hydroxylation is 1. The molecule has 1 saturated carbocycles. The van der Waals surface area contributed by atoms with Crippen molar-refractivity contribution in [1.29, 1.82) is 5.26 Å². The Morgan fingerprint density at radius 3 is 2.44 bits per heavy atom. The molecule has 1 atom stereocenters. The van der Waals surface area contributed by atoms with Crippen molar-refractivity contribution in [2.45, 2.75) is 57.5 Å². The van der Waals surface area contributed by atoms with Gasteiger partial charge in [0.15, 0.2) is 0 Å². The van der Waals surface area contributed by atoms with Gasteiger partial charge in [-0.25, -0.2) is 4.79 Å². The zero-order chi connectivity index (χ0) is 19.6. The van der Waals surface area contributed by atoms with E-state index >= 15 is 0 Å². The highest BCUT2D eigenvalue weighted by Crippen LogP contribution is 2.28. The predicted octanol–water partition coefficient (Wildman–Crippen LogP) is 2.49. The van der Waals surface area contributed by atoms with Crippen molar-refractivity contribution < 1.29 is 14.4 Å². The van der Waals surface area contributed by atoms with Crippen LogP contribution in [0.15, 0.2) is 24.3 Å². The lowest BCUT2D eigenvalue weighted by molar-refractivity contribution is -0.132. The predicted molar refractivity (Wildman–Crippen MR) is 99.8 cm³/mol. The summed E-state index contributed by atoms with van der Waals surface area (Å²) in [6.45, 7) is 3.22. The Morgan fingerprint density at radius 1 is 1.22 bits per heavy atom. The fourth-order valence-corrected chi connectivity index (χ4v) is 3.78. The summed E-state index contributed by atoms with van der Waals surface area (Å²) in [5.41, 5.74) is 0.786. The summed E-state index contributed by atoms with van der Waals surface area (Å²) in [6.07, 6.45) is 4.01. The van der Waals surface area contributed by atoms with Crippen molar-refractivity contribution in [3.8, 4) is 6.07 Å². The first kappa shape index (κ1) is 18.9. The number of nitrogens with one attached hydrogen (secondary N) is 1. The Kier molecular flexibility index (Phi) is 5.17. The summed E-state index contributed by atoms with van der Waals surface area (Å²) >= 11 is 0. The molecule has 4 amide bonds. The van der Waals surface area contributed by atoms with Gasteiger partial charge < -0.3 is 5.32 Å². The standard InChI is InChI=1S/C20H24N4O3/c1-14-6-8-16(9-7-14)24-15(2)18(26)23(19(24)27)12-17(25)22-20(13-21)10-4-3-5-11-20/h6-9,15H,3-5,10-12H2,1-2H3,(H,22,25)/t15-/m1/s1. The number of imide groups is 1. The molecule has 2 fully saturated rings. The summed E-state index contributed by atoms with van der Waals surface area (Å²) in [4.78, 5) is 40.2. The van der Waals surface area contributed by atoms with Gasteiger partial charge in [-0.1, -0.05) is 37.0 Å². The van der Waals surface area contributed by atoms with Gasteiger partial charge in [-0.3, -0.25) is 19.4 Å². The maximum absolute atomic E-state index is 12.8. The third kappa shape index (κ3) is 3.65. The maximum Gasteiger partial charge on any atom is 0.332 e. The summed E-state index contributed by atoms with van der Waals surface area (Å²) in [5.74, 6) is -0.886. The first-order valence-electron chi connectivity index (χ1n) is 9.30. The minimum absolute atomic E-state index is 0.367. The summed E-state index contributed by atoms with van der Waals surface area (Å²) in [7, 11) is 0. The van der Waals surface area contributed by atoms with Gasteiger partial charge in [0, 0.05) is 5.69 Å². The molecule has 3 rings (SSSR count). The minimum atomic E-state index is -0.886. The fraction of sp³-hybridized carbons (Fsp3) is 0.500. The third-order valence-corrected chi connectivity index (χ3v) is 5.36. The minimum Gasteiger partial charge on any atom is -0.336 e. The Balaban J connectivity index is 1.72. The zero-order valence-corrected chi connectivity index (χ0v) is 15.7. The molecular formula is C20H24N4O3. The Morgan fingerprint density at radius 2 is 1.85 bits per heavy atom. The first-order chi connectivity index (χ1) is 12.9. The van der Waals surface area contributed by atoms with E-state index in [1.54, 1.807) is 19.1 Å². The van der Waals surface area contributed by atoms with Crippen LogP contribution in [0, 0.1) is 18.3 Å². The van der Waals surface area contributed by atoms with Gasteiger partial charge in [-0.05, 0) is 38.8 Å². The highest BCUT2D eigenvalue weighted by molar-refractivity contribution is 6.15. The van der Waals surface area contributed by atoms with Crippen LogP contribution in [0.5, 0.6) is 0 Å². The largest absolute Gasteiger partial charge is 0.336 e. The van der Waals surface area contributed by atoms with Gasteiger partial charge >= 0.3 is 6.03 Å². The van der Waals surface area contributed by atoms with Crippen LogP contribution >= 0.6 is 0 Å². The number of benzene rings is 1. The lowest BCUT2D eigenvalue weighted by Crippen LogP contribution is -2.52. The topological polar surface area (TPSA) is 93.5 Å². The molecule has 1 aliphatic carbocycles. The number of nitrogens with zero attached hydrogens (tertiary/aromatic N) is 3. The molecule has 0 bridgehead atoms. The summed E-state index contributed by atoms with van der Waals surface area (Å²) < 4.78 is 0. The highest BCUT2D eigenvalue weighted by Gasteiger charge is 2.44. The number of urea groups is 1.